The molecule has 5 atom stereocenters. The molecule has 3 rings (SSSR count). The Balaban J connectivity index is 1.28. The van der Waals surface area contributed by atoms with E-state index in [0.29, 0.717) is 36.2 Å². The zero-order valence-corrected chi connectivity index (χ0v) is 27.8. The van der Waals surface area contributed by atoms with Crippen LogP contribution in [0.4, 0.5) is 0 Å². The smallest absolute Gasteiger partial charge is 0.305 e. The molecule has 0 spiro atoms. The Kier molecular flexibility index (Phi) is 14.5. The van der Waals surface area contributed by atoms with Gasteiger partial charge in [-0.15, -0.1) is 0 Å². The summed E-state index contributed by atoms with van der Waals surface area (Å²) in [5.41, 5.74) is 3.66. The van der Waals surface area contributed by atoms with Crippen molar-refractivity contribution in [3.63, 3.8) is 0 Å². The first-order valence-electron chi connectivity index (χ1n) is 17.9. The second-order valence-electron chi connectivity index (χ2n) is 15.0. The van der Waals surface area contributed by atoms with Crippen LogP contribution >= 0.6 is 0 Å². The van der Waals surface area contributed by atoms with Crippen molar-refractivity contribution in [2.45, 2.75) is 176 Å². The Hall–Kier alpha value is -1.09. The van der Waals surface area contributed by atoms with E-state index in [1.807, 2.05) is 0 Å². The molecule has 3 aliphatic carbocycles. The van der Waals surface area contributed by atoms with Crippen LogP contribution < -0.4 is 0 Å². The lowest BCUT2D eigenvalue weighted by atomic mass is 9.47. The van der Waals surface area contributed by atoms with Crippen LogP contribution in [0.2, 0.25) is 0 Å². The molecule has 0 aromatic carbocycles. The van der Waals surface area contributed by atoms with Gasteiger partial charge in [0.1, 0.15) is 0 Å². The number of hydrogen-bond donors (Lipinski definition) is 1. The predicted octanol–water partition coefficient (Wildman–Crippen LogP) is 10.9. The molecule has 3 aliphatic rings. The fraction of sp³-hybridized carbons (Fsp3) is 0.868. The maximum Gasteiger partial charge on any atom is 0.305 e. The minimum Gasteiger partial charge on any atom is -0.465 e. The van der Waals surface area contributed by atoms with E-state index >= 15 is 0 Å². The van der Waals surface area contributed by atoms with E-state index in [1.54, 1.807) is 11.1 Å². The Bertz CT molecular complexity index is 840. The third kappa shape index (κ3) is 10.3. The molecule has 0 aliphatic heterocycles. The third-order valence-electron chi connectivity index (χ3n) is 11.3. The Labute approximate surface area is 254 Å². The Morgan fingerprint density at radius 1 is 0.951 bits per heavy atom. The standard InChI is InChI=1S/C38H66O3/c1-6-7-8-15-19-33(39)20-16-13-11-9-10-12-14-17-21-36(40)41-29-37(4)26-18-27-38(5)34-24-22-31(30(2)3)28-32(34)23-25-35(37)38/h23,28,30,33-35,39H,6-22,24-27,29H2,1-5H3/t33?,34?,35?,37-,38+/m0/s1. The summed E-state index contributed by atoms with van der Waals surface area (Å²) in [5.74, 6) is 1.94. The van der Waals surface area contributed by atoms with Crippen molar-refractivity contribution in [3.8, 4) is 0 Å². The van der Waals surface area contributed by atoms with Gasteiger partial charge in [-0.1, -0.05) is 129 Å². The summed E-state index contributed by atoms with van der Waals surface area (Å²) in [7, 11) is 0. The minimum atomic E-state index is -0.0865. The van der Waals surface area contributed by atoms with Crippen LogP contribution in [0.15, 0.2) is 23.3 Å². The molecule has 0 aromatic rings. The maximum absolute atomic E-state index is 12.7. The number of aliphatic hydroxyl groups excluding tert-OH is 1. The fourth-order valence-corrected chi connectivity index (χ4v) is 8.63. The molecule has 41 heavy (non-hydrogen) atoms. The predicted molar refractivity (Wildman–Crippen MR) is 174 cm³/mol. The molecule has 0 saturated heterocycles. The van der Waals surface area contributed by atoms with Crippen molar-refractivity contribution < 1.29 is 14.6 Å². The van der Waals surface area contributed by atoms with Gasteiger partial charge in [0.05, 0.1) is 12.7 Å². The second-order valence-corrected chi connectivity index (χ2v) is 15.0. The molecule has 0 amide bonds. The van der Waals surface area contributed by atoms with E-state index in [-0.39, 0.29) is 17.5 Å². The average molecular weight is 571 g/mol. The summed E-state index contributed by atoms with van der Waals surface area (Å²) in [5, 5.41) is 10.1. The zero-order chi connectivity index (χ0) is 29.7. The summed E-state index contributed by atoms with van der Waals surface area (Å²) in [6.45, 7) is 12.5. The van der Waals surface area contributed by atoms with Crippen LogP contribution in [-0.4, -0.2) is 23.8 Å². The van der Waals surface area contributed by atoms with Crippen molar-refractivity contribution >= 4 is 5.97 Å². The maximum atomic E-state index is 12.7. The molecular formula is C38H66O3. The number of carbonyl (C=O) groups is 1. The van der Waals surface area contributed by atoms with E-state index < -0.39 is 0 Å². The van der Waals surface area contributed by atoms with E-state index in [4.69, 9.17) is 4.74 Å². The lowest BCUT2D eigenvalue weighted by Crippen LogP contribution is -2.51. The zero-order valence-electron chi connectivity index (χ0n) is 27.8. The van der Waals surface area contributed by atoms with E-state index in [1.165, 1.54) is 89.9 Å². The number of aliphatic hydroxyl groups is 1. The van der Waals surface area contributed by atoms with Gasteiger partial charge in [0.15, 0.2) is 0 Å². The van der Waals surface area contributed by atoms with Crippen LogP contribution in [0.3, 0.4) is 0 Å². The van der Waals surface area contributed by atoms with Gasteiger partial charge in [0, 0.05) is 11.8 Å². The molecular weight excluding hydrogens is 504 g/mol. The minimum absolute atomic E-state index is 0.0148. The molecule has 236 valence electrons. The van der Waals surface area contributed by atoms with Gasteiger partial charge in [-0.05, 0) is 80.1 Å². The molecule has 1 saturated carbocycles. The summed E-state index contributed by atoms with van der Waals surface area (Å²) in [4.78, 5) is 12.7. The summed E-state index contributed by atoms with van der Waals surface area (Å²) in [6, 6.07) is 0. The molecule has 1 N–H and O–H groups in total. The van der Waals surface area contributed by atoms with Crippen molar-refractivity contribution in [1.29, 1.82) is 0 Å². The number of unbranched alkanes of at least 4 members (excludes halogenated alkanes) is 10. The highest BCUT2D eigenvalue weighted by atomic mass is 16.5. The average Bonchev–Trinajstić information content (AvgIpc) is 2.95. The van der Waals surface area contributed by atoms with E-state index in [2.05, 4.69) is 46.8 Å². The van der Waals surface area contributed by atoms with Crippen molar-refractivity contribution in [3.05, 3.63) is 23.3 Å². The van der Waals surface area contributed by atoms with Gasteiger partial charge < -0.3 is 9.84 Å². The summed E-state index contributed by atoms with van der Waals surface area (Å²) in [6.07, 6.45) is 29.5. The fourth-order valence-electron chi connectivity index (χ4n) is 8.63. The summed E-state index contributed by atoms with van der Waals surface area (Å²) < 4.78 is 6.00. The second kappa shape index (κ2) is 17.3. The first-order chi connectivity index (χ1) is 19.7. The molecule has 3 unspecified atom stereocenters. The molecule has 3 nitrogen and oxygen atoms in total. The lowest BCUT2D eigenvalue weighted by Gasteiger charge is -2.58. The number of fused-ring (bicyclic) bond motifs is 3. The number of carbonyl (C=O) groups excluding carboxylic acids is 1. The number of ether oxygens (including phenoxy) is 1. The van der Waals surface area contributed by atoms with Crippen LogP contribution in [-0.2, 0) is 9.53 Å². The van der Waals surface area contributed by atoms with Crippen molar-refractivity contribution in [2.75, 3.05) is 6.61 Å². The monoisotopic (exact) mass is 571 g/mol. The van der Waals surface area contributed by atoms with Gasteiger partial charge in [-0.3, -0.25) is 4.79 Å². The quantitative estimate of drug-likeness (QED) is 0.124. The van der Waals surface area contributed by atoms with Crippen LogP contribution in [0, 0.1) is 28.6 Å². The van der Waals surface area contributed by atoms with Gasteiger partial charge in [-0.2, -0.15) is 0 Å². The van der Waals surface area contributed by atoms with Crippen molar-refractivity contribution in [1.82, 2.24) is 0 Å². The number of esters is 1. The topological polar surface area (TPSA) is 46.5 Å². The number of rotatable bonds is 19. The highest BCUT2D eigenvalue weighted by Gasteiger charge is 2.54. The van der Waals surface area contributed by atoms with Crippen LogP contribution in [0.25, 0.3) is 0 Å². The largest absolute Gasteiger partial charge is 0.465 e. The number of allylic oxidation sites excluding steroid dienone is 4. The van der Waals surface area contributed by atoms with E-state index in [0.717, 1.165) is 38.5 Å². The normalized spacial score (nSPS) is 28.5. The lowest BCUT2D eigenvalue weighted by molar-refractivity contribution is -0.154. The van der Waals surface area contributed by atoms with Crippen molar-refractivity contribution in [2.24, 2.45) is 28.6 Å². The first kappa shape index (κ1) is 34.4. The highest BCUT2D eigenvalue weighted by molar-refractivity contribution is 5.69. The molecule has 0 bridgehead atoms. The Morgan fingerprint density at radius 3 is 2.24 bits per heavy atom. The number of hydrogen-bond acceptors (Lipinski definition) is 3. The molecule has 0 radical (unpaired) electrons. The summed E-state index contributed by atoms with van der Waals surface area (Å²) >= 11 is 0. The third-order valence-corrected chi connectivity index (χ3v) is 11.3. The SMILES string of the molecule is CCCCCCC(O)CCCCCCCCCCC(=O)OC[C@]1(C)CCC[C@]2(C)C3CCC(C(C)C)=CC3=CCC12. The molecule has 3 heteroatoms. The first-order valence-corrected chi connectivity index (χ1v) is 17.9. The van der Waals surface area contributed by atoms with Gasteiger partial charge in [0.25, 0.3) is 0 Å². The molecule has 0 heterocycles. The van der Waals surface area contributed by atoms with Gasteiger partial charge in [-0.25, -0.2) is 0 Å². The highest BCUT2D eigenvalue weighted by Crippen LogP contribution is 2.62. The van der Waals surface area contributed by atoms with Gasteiger partial charge >= 0.3 is 5.97 Å². The molecule has 1 fully saturated rings. The van der Waals surface area contributed by atoms with Gasteiger partial charge in [0.2, 0.25) is 0 Å². The van der Waals surface area contributed by atoms with Crippen LogP contribution in [0.1, 0.15) is 169 Å². The van der Waals surface area contributed by atoms with Crippen LogP contribution in [0.5, 0.6) is 0 Å². The Morgan fingerprint density at radius 2 is 1.59 bits per heavy atom. The molecule has 0 aromatic heterocycles. The van der Waals surface area contributed by atoms with E-state index in [9.17, 15) is 9.90 Å².